The van der Waals surface area contributed by atoms with Crippen molar-refractivity contribution in [3.63, 3.8) is 0 Å². The Morgan fingerprint density at radius 1 is 1.26 bits per heavy atom. The fourth-order valence-electron chi connectivity index (χ4n) is 2.14. The minimum absolute atomic E-state index is 0.00495. The number of alkyl halides is 2. The van der Waals surface area contributed by atoms with Crippen LogP contribution >= 0.6 is 0 Å². The van der Waals surface area contributed by atoms with Crippen molar-refractivity contribution in [3.8, 4) is 5.75 Å². The normalized spacial score (nSPS) is 14.7. The zero-order chi connectivity index (χ0) is 14.4. The highest BCUT2D eigenvalue weighted by molar-refractivity contribution is 5.29. The lowest BCUT2D eigenvalue weighted by atomic mass is 9.99. The van der Waals surface area contributed by atoms with Crippen LogP contribution in [-0.2, 0) is 0 Å². The summed E-state index contributed by atoms with van der Waals surface area (Å²) < 4.78 is 30.0. The molecule has 2 unspecified atom stereocenters. The van der Waals surface area contributed by atoms with E-state index in [0.29, 0.717) is 0 Å². The average molecular weight is 272 g/mol. The molecule has 3 nitrogen and oxygen atoms in total. The molecule has 1 aromatic carbocycles. The van der Waals surface area contributed by atoms with Crippen molar-refractivity contribution in [3.05, 3.63) is 29.8 Å². The van der Waals surface area contributed by atoms with E-state index < -0.39 is 6.43 Å². The molecule has 0 aromatic heterocycles. The number of ether oxygens (including phenoxy) is 1. The summed E-state index contributed by atoms with van der Waals surface area (Å²) >= 11 is 0. The van der Waals surface area contributed by atoms with Crippen molar-refractivity contribution in [2.45, 2.75) is 25.4 Å². The van der Waals surface area contributed by atoms with Crippen LogP contribution in [0.1, 0.15) is 18.5 Å². The Labute approximate surface area is 113 Å². The van der Waals surface area contributed by atoms with Crippen LogP contribution in [0.2, 0.25) is 0 Å². The van der Waals surface area contributed by atoms with Gasteiger partial charge in [0.05, 0.1) is 13.7 Å². The zero-order valence-corrected chi connectivity index (χ0v) is 11.9. The third-order valence-electron chi connectivity index (χ3n) is 3.39. The van der Waals surface area contributed by atoms with Gasteiger partial charge in [-0.1, -0.05) is 12.1 Å². The van der Waals surface area contributed by atoms with Gasteiger partial charge in [0.1, 0.15) is 5.75 Å². The van der Waals surface area contributed by atoms with Gasteiger partial charge >= 0.3 is 0 Å². The molecule has 0 aliphatic carbocycles. The number of methoxy groups -OCH3 is 1. The number of hydrogen-bond acceptors (Lipinski definition) is 3. The van der Waals surface area contributed by atoms with Crippen LogP contribution in [0.15, 0.2) is 24.3 Å². The van der Waals surface area contributed by atoms with Crippen LogP contribution in [-0.4, -0.2) is 45.1 Å². The Morgan fingerprint density at radius 2 is 1.84 bits per heavy atom. The summed E-state index contributed by atoms with van der Waals surface area (Å²) in [5.74, 6) is 0.784. The van der Waals surface area contributed by atoms with E-state index in [4.69, 9.17) is 4.74 Å². The van der Waals surface area contributed by atoms with E-state index in [1.54, 1.807) is 19.1 Å². The Morgan fingerprint density at radius 3 is 2.26 bits per heavy atom. The Balaban J connectivity index is 2.80. The van der Waals surface area contributed by atoms with Gasteiger partial charge in [0.15, 0.2) is 0 Å². The molecule has 0 heterocycles. The zero-order valence-electron chi connectivity index (χ0n) is 11.9. The second kappa shape index (κ2) is 7.40. The summed E-state index contributed by atoms with van der Waals surface area (Å²) in [7, 11) is 5.16. The van der Waals surface area contributed by atoms with Crippen LogP contribution in [0.25, 0.3) is 0 Å². The van der Waals surface area contributed by atoms with Crippen molar-refractivity contribution in [1.82, 2.24) is 10.2 Å². The second-order valence-electron chi connectivity index (χ2n) is 4.61. The predicted molar refractivity (Wildman–Crippen MR) is 72.9 cm³/mol. The van der Waals surface area contributed by atoms with Gasteiger partial charge in [-0.05, 0) is 38.7 Å². The first-order valence-corrected chi connectivity index (χ1v) is 6.29. The summed E-state index contributed by atoms with van der Waals surface area (Å²) in [5, 5.41) is 3.18. The van der Waals surface area contributed by atoms with Crippen molar-refractivity contribution in [1.29, 1.82) is 0 Å². The molecule has 0 bridgehead atoms. The fourth-order valence-corrected chi connectivity index (χ4v) is 2.14. The molecular weight excluding hydrogens is 250 g/mol. The quantitative estimate of drug-likeness (QED) is 0.825. The molecule has 1 aromatic rings. The number of nitrogens with one attached hydrogen (secondary N) is 1. The molecule has 0 aliphatic rings. The summed E-state index contributed by atoms with van der Waals surface area (Å²) in [6, 6.07) is 7.61. The minimum Gasteiger partial charge on any atom is -0.497 e. The molecule has 0 radical (unpaired) electrons. The lowest BCUT2D eigenvalue weighted by Crippen LogP contribution is -2.41. The molecule has 108 valence electrons. The maximum Gasteiger partial charge on any atom is 0.251 e. The number of benzene rings is 1. The molecule has 0 aliphatic heterocycles. The fraction of sp³-hybridized carbons (Fsp3) is 0.571. The second-order valence-corrected chi connectivity index (χ2v) is 4.61. The molecule has 1 rings (SSSR count). The molecule has 0 amide bonds. The van der Waals surface area contributed by atoms with E-state index in [1.165, 1.54) is 0 Å². The van der Waals surface area contributed by atoms with Crippen molar-refractivity contribution < 1.29 is 13.5 Å². The van der Waals surface area contributed by atoms with E-state index in [1.807, 2.05) is 38.2 Å². The van der Waals surface area contributed by atoms with Gasteiger partial charge in [0.2, 0.25) is 0 Å². The molecule has 0 saturated carbocycles. The van der Waals surface area contributed by atoms with Crippen LogP contribution in [0.4, 0.5) is 8.78 Å². The highest BCUT2D eigenvalue weighted by Crippen LogP contribution is 2.22. The van der Waals surface area contributed by atoms with Crippen LogP contribution in [0, 0.1) is 0 Å². The van der Waals surface area contributed by atoms with E-state index >= 15 is 0 Å². The van der Waals surface area contributed by atoms with Gasteiger partial charge in [0.25, 0.3) is 6.43 Å². The first-order chi connectivity index (χ1) is 8.99. The Bertz CT molecular complexity index is 370. The summed E-state index contributed by atoms with van der Waals surface area (Å²) in [6.07, 6.45) is -2.32. The topological polar surface area (TPSA) is 24.5 Å². The Hall–Kier alpha value is -1.20. The number of halogens is 2. The van der Waals surface area contributed by atoms with Gasteiger partial charge in [-0.25, -0.2) is 8.78 Å². The molecule has 2 atom stereocenters. The Kier molecular flexibility index (Phi) is 6.18. The maximum atomic E-state index is 12.4. The predicted octanol–water partition coefficient (Wildman–Crippen LogP) is 2.54. The lowest BCUT2D eigenvalue weighted by Gasteiger charge is -2.32. The molecule has 0 fully saturated rings. The number of nitrogens with zero attached hydrogens (tertiary/aromatic N) is 1. The number of likely N-dealkylation sites (N-methyl/N-ethyl adjacent to an activating group) is 2. The third-order valence-corrected chi connectivity index (χ3v) is 3.39. The van der Waals surface area contributed by atoms with Gasteiger partial charge in [0, 0.05) is 12.1 Å². The van der Waals surface area contributed by atoms with E-state index in [9.17, 15) is 8.78 Å². The van der Waals surface area contributed by atoms with Crippen molar-refractivity contribution >= 4 is 0 Å². The van der Waals surface area contributed by atoms with Gasteiger partial charge < -0.3 is 10.1 Å². The van der Waals surface area contributed by atoms with Crippen LogP contribution in [0.5, 0.6) is 5.75 Å². The van der Waals surface area contributed by atoms with Crippen LogP contribution in [0.3, 0.4) is 0 Å². The highest BCUT2D eigenvalue weighted by atomic mass is 19.3. The average Bonchev–Trinajstić information content (AvgIpc) is 2.39. The molecule has 19 heavy (non-hydrogen) atoms. The smallest absolute Gasteiger partial charge is 0.251 e. The summed E-state index contributed by atoms with van der Waals surface area (Å²) in [6.45, 7) is 1.71. The molecule has 5 heteroatoms. The maximum absolute atomic E-state index is 12.4. The van der Waals surface area contributed by atoms with Gasteiger partial charge in [-0.15, -0.1) is 0 Å². The van der Waals surface area contributed by atoms with Crippen LogP contribution < -0.4 is 10.1 Å². The molecule has 0 spiro atoms. The van der Waals surface area contributed by atoms with Crippen molar-refractivity contribution in [2.24, 2.45) is 0 Å². The van der Waals surface area contributed by atoms with E-state index in [-0.39, 0.29) is 18.6 Å². The lowest BCUT2D eigenvalue weighted by molar-refractivity contribution is 0.0755. The standard InChI is InChI=1S/C14H22F2N2O/c1-10(18(3)9-13(15)16)14(17-2)11-5-7-12(19-4)8-6-11/h5-8,10,13-14,17H,9H2,1-4H3. The molecule has 1 N–H and O–H groups in total. The third kappa shape index (κ3) is 4.44. The minimum atomic E-state index is -2.32. The van der Waals surface area contributed by atoms with Gasteiger partial charge in [-0.3, -0.25) is 4.90 Å². The first-order valence-electron chi connectivity index (χ1n) is 6.29. The van der Waals surface area contributed by atoms with Crippen molar-refractivity contribution in [2.75, 3.05) is 27.7 Å². The highest BCUT2D eigenvalue weighted by Gasteiger charge is 2.23. The SMILES string of the molecule is CNC(c1ccc(OC)cc1)C(C)N(C)CC(F)F. The first kappa shape index (κ1) is 15.9. The molecule has 0 saturated heterocycles. The summed E-state index contributed by atoms with van der Waals surface area (Å²) in [5.41, 5.74) is 1.05. The summed E-state index contributed by atoms with van der Waals surface area (Å²) in [4.78, 5) is 1.66. The largest absolute Gasteiger partial charge is 0.497 e. The number of rotatable bonds is 7. The monoisotopic (exact) mass is 272 g/mol. The van der Waals surface area contributed by atoms with Gasteiger partial charge in [-0.2, -0.15) is 0 Å². The van der Waals surface area contributed by atoms with E-state index in [2.05, 4.69) is 5.32 Å². The number of hydrogen-bond donors (Lipinski definition) is 1. The van der Waals surface area contributed by atoms with E-state index in [0.717, 1.165) is 11.3 Å². The molecular formula is C14H22F2N2O.